The molecule has 1 fully saturated rings. The van der Waals surface area contributed by atoms with E-state index in [-0.39, 0.29) is 11.7 Å². The van der Waals surface area contributed by atoms with Gasteiger partial charge >= 0.3 is 5.97 Å². The maximum atomic E-state index is 13.2. The minimum Gasteiger partial charge on any atom is -0.481 e. The molecule has 1 amide bonds. The molecule has 0 aliphatic heterocycles. The predicted octanol–water partition coefficient (Wildman–Crippen LogP) is 1.32. The van der Waals surface area contributed by atoms with Crippen LogP contribution in [0.1, 0.15) is 12.8 Å². The van der Waals surface area contributed by atoms with Crippen LogP contribution in [0.5, 0.6) is 5.75 Å². The zero-order chi connectivity index (χ0) is 14.7. The Kier molecular flexibility index (Phi) is 4.16. The van der Waals surface area contributed by atoms with Crippen molar-refractivity contribution in [3.8, 4) is 5.75 Å². The fourth-order valence-electron chi connectivity index (χ4n) is 1.76. The number of hydrogen-bond donors (Lipinski definition) is 2. The molecule has 1 saturated carbocycles. The van der Waals surface area contributed by atoms with Crippen molar-refractivity contribution in [3.63, 3.8) is 0 Å². The molecule has 108 valence electrons. The SMILES string of the molecule is O=C(COc1ccc(F)cc1F)NC(C(=O)O)C1CC1. The number of amides is 1. The van der Waals surface area contributed by atoms with Crippen molar-refractivity contribution in [1.29, 1.82) is 0 Å². The van der Waals surface area contributed by atoms with Gasteiger partial charge in [-0.3, -0.25) is 4.79 Å². The van der Waals surface area contributed by atoms with Gasteiger partial charge in [-0.2, -0.15) is 0 Å². The highest BCUT2D eigenvalue weighted by Gasteiger charge is 2.37. The van der Waals surface area contributed by atoms with Gasteiger partial charge in [0.1, 0.15) is 11.9 Å². The zero-order valence-electron chi connectivity index (χ0n) is 10.4. The number of carboxylic acid groups (broad SMARTS) is 1. The van der Waals surface area contributed by atoms with Crippen LogP contribution in [0.25, 0.3) is 0 Å². The summed E-state index contributed by atoms with van der Waals surface area (Å²) in [5, 5.41) is 11.3. The number of carbonyl (C=O) groups excluding carboxylic acids is 1. The zero-order valence-corrected chi connectivity index (χ0v) is 10.4. The number of carbonyl (C=O) groups is 2. The molecule has 0 heterocycles. The van der Waals surface area contributed by atoms with Gasteiger partial charge in [-0.15, -0.1) is 0 Å². The quantitative estimate of drug-likeness (QED) is 0.826. The van der Waals surface area contributed by atoms with Crippen LogP contribution in [-0.2, 0) is 9.59 Å². The van der Waals surface area contributed by atoms with Gasteiger partial charge in [0.05, 0.1) is 0 Å². The number of nitrogens with one attached hydrogen (secondary N) is 1. The maximum absolute atomic E-state index is 13.2. The highest BCUT2D eigenvalue weighted by atomic mass is 19.1. The monoisotopic (exact) mass is 285 g/mol. The first-order valence-corrected chi connectivity index (χ1v) is 6.07. The van der Waals surface area contributed by atoms with Crippen molar-refractivity contribution < 1.29 is 28.2 Å². The average Bonchev–Trinajstić information content (AvgIpc) is 3.18. The van der Waals surface area contributed by atoms with Crippen LogP contribution in [0, 0.1) is 17.6 Å². The van der Waals surface area contributed by atoms with Gasteiger partial charge in [-0.05, 0) is 30.9 Å². The summed E-state index contributed by atoms with van der Waals surface area (Å²) < 4.78 is 30.8. The Bertz CT molecular complexity index is 531. The smallest absolute Gasteiger partial charge is 0.326 e. The van der Waals surface area contributed by atoms with Gasteiger partial charge < -0.3 is 15.2 Å². The van der Waals surface area contributed by atoms with E-state index in [2.05, 4.69) is 5.32 Å². The second-order valence-electron chi connectivity index (χ2n) is 4.58. The van der Waals surface area contributed by atoms with E-state index in [1.54, 1.807) is 0 Å². The van der Waals surface area contributed by atoms with Crippen molar-refractivity contribution in [2.45, 2.75) is 18.9 Å². The average molecular weight is 285 g/mol. The lowest BCUT2D eigenvalue weighted by molar-refractivity contribution is -0.142. The van der Waals surface area contributed by atoms with E-state index in [9.17, 15) is 18.4 Å². The van der Waals surface area contributed by atoms with Crippen molar-refractivity contribution >= 4 is 11.9 Å². The molecule has 0 spiro atoms. The first-order valence-electron chi connectivity index (χ1n) is 6.07. The molecule has 1 atom stereocenters. The Hall–Kier alpha value is -2.18. The Morgan fingerprint density at radius 2 is 2.10 bits per heavy atom. The fourth-order valence-corrected chi connectivity index (χ4v) is 1.76. The largest absolute Gasteiger partial charge is 0.481 e. The van der Waals surface area contributed by atoms with Crippen LogP contribution < -0.4 is 10.1 Å². The molecule has 2 N–H and O–H groups in total. The minimum atomic E-state index is -1.10. The standard InChI is InChI=1S/C13H13F2NO4/c14-8-3-4-10(9(15)5-8)20-6-11(17)16-12(13(18)19)7-1-2-7/h3-5,7,12H,1-2,6H2,(H,16,17)(H,18,19). The highest BCUT2D eigenvalue weighted by molar-refractivity contribution is 5.84. The summed E-state index contributed by atoms with van der Waals surface area (Å²) in [6, 6.07) is 1.76. The summed E-state index contributed by atoms with van der Waals surface area (Å²) in [6.07, 6.45) is 1.51. The molecule has 0 saturated heterocycles. The first-order chi connectivity index (χ1) is 9.47. The van der Waals surface area contributed by atoms with Gasteiger partial charge in [-0.1, -0.05) is 0 Å². The van der Waals surface area contributed by atoms with E-state index in [1.165, 1.54) is 0 Å². The van der Waals surface area contributed by atoms with Crippen LogP contribution in [0.15, 0.2) is 18.2 Å². The molecule has 20 heavy (non-hydrogen) atoms. The van der Waals surface area contributed by atoms with Gasteiger partial charge in [0.2, 0.25) is 0 Å². The number of hydrogen-bond acceptors (Lipinski definition) is 3. The molecule has 7 heteroatoms. The Morgan fingerprint density at radius 3 is 2.65 bits per heavy atom. The maximum Gasteiger partial charge on any atom is 0.326 e. The summed E-state index contributed by atoms with van der Waals surface area (Å²) in [5.41, 5.74) is 0. The summed E-state index contributed by atoms with van der Waals surface area (Å²) >= 11 is 0. The molecule has 1 aliphatic rings. The molecule has 5 nitrogen and oxygen atoms in total. The summed E-state index contributed by atoms with van der Waals surface area (Å²) in [6.45, 7) is -0.529. The Balaban J connectivity index is 1.86. The van der Waals surface area contributed by atoms with Crippen molar-refractivity contribution in [2.24, 2.45) is 5.92 Å². The topological polar surface area (TPSA) is 75.6 Å². The Morgan fingerprint density at radius 1 is 1.40 bits per heavy atom. The fraction of sp³-hybridized carbons (Fsp3) is 0.385. The van der Waals surface area contributed by atoms with E-state index >= 15 is 0 Å². The van der Waals surface area contributed by atoms with Crippen LogP contribution >= 0.6 is 0 Å². The highest BCUT2D eigenvalue weighted by Crippen LogP contribution is 2.32. The van der Waals surface area contributed by atoms with Crippen molar-refractivity contribution in [2.75, 3.05) is 6.61 Å². The third-order valence-electron chi connectivity index (χ3n) is 2.93. The lowest BCUT2D eigenvalue weighted by Crippen LogP contribution is -2.44. The second kappa shape index (κ2) is 5.85. The molecular formula is C13H13F2NO4. The van der Waals surface area contributed by atoms with Gasteiger partial charge in [0.25, 0.3) is 5.91 Å². The van der Waals surface area contributed by atoms with Crippen molar-refractivity contribution in [1.82, 2.24) is 5.32 Å². The van der Waals surface area contributed by atoms with E-state index in [4.69, 9.17) is 9.84 Å². The second-order valence-corrected chi connectivity index (χ2v) is 4.58. The molecule has 0 aromatic heterocycles. The molecule has 1 aromatic rings. The lowest BCUT2D eigenvalue weighted by atomic mass is 10.2. The molecule has 0 bridgehead atoms. The van der Waals surface area contributed by atoms with E-state index in [0.29, 0.717) is 6.07 Å². The van der Waals surface area contributed by atoms with Gasteiger partial charge in [0, 0.05) is 6.07 Å². The van der Waals surface area contributed by atoms with E-state index in [0.717, 1.165) is 25.0 Å². The van der Waals surface area contributed by atoms with Crippen LogP contribution in [0.3, 0.4) is 0 Å². The summed E-state index contributed by atoms with van der Waals surface area (Å²) in [7, 11) is 0. The number of rotatable bonds is 6. The van der Waals surface area contributed by atoms with Gasteiger partial charge in [-0.25, -0.2) is 13.6 Å². The number of halogens is 2. The number of benzene rings is 1. The third kappa shape index (κ3) is 3.66. The summed E-state index contributed by atoms with van der Waals surface area (Å²) in [4.78, 5) is 22.5. The minimum absolute atomic E-state index is 0.0565. The van der Waals surface area contributed by atoms with E-state index in [1.807, 2.05) is 0 Å². The molecule has 1 unspecified atom stereocenters. The lowest BCUT2D eigenvalue weighted by Gasteiger charge is -2.14. The number of aliphatic carboxylic acids is 1. The Labute approximate surface area is 113 Å². The normalized spacial score (nSPS) is 15.5. The van der Waals surface area contributed by atoms with E-state index < -0.39 is 36.2 Å². The van der Waals surface area contributed by atoms with Gasteiger partial charge in [0.15, 0.2) is 18.2 Å². The molecule has 0 radical (unpaired) electrons. The van der Waals surface area contributed by atoms with Crippen LogP contribution in [0.2, 0.25) is 0 Å². The first kappa shape index (κ1) is 14.2. The predicted molar refractivity (Wildman–Crippen MR) is 64.1 cm³/mol. The molecule has 2 rings (SSSR count). The molecular weight excluding hydrogens is 272 g/mol. The van der Waals surface area contributed by atoms with Crippen LogP contribution in [-0.4, -0.2) is 29.6 Å². The third-order valence-corrected chi connectivity index (χ3v) is 2.93. The summed E-state index contributed by atoms with van der Waals surface area (Å²) in [5.74, 6) is -3.76. The molecule has 1 aromatic carbocycles. The van der Waals surface area contributed by atoms with Crippen molar-refractivity contribution in [3.05, 3.63) is 29.8 Å². The number of carboxylic acids is 1. The number of ether oxygens (including phenoxy) is 1. The van der Waals surface area contributed by atoms with Crippen LogP contribution in [0.4, 0.5) is 8.78 Å². The molecule has 1 aliphatic carbocycles.